The molecular formula is C17H18N4O3. The second kappa shape index (κ2) is 5.74. The number of hydrogen-bond donors (Lipinski definition) is 0. The van der Waals surface area contributed by atoms with Crippen LogP contribution in [0.15, 0.2) is 35.2 Å². The summed E-state index contributed by atoms with van der Waals surface area (Å²) in [4.78, 5) is 32.8. The number of amides is 2. The second-order valence-electron chi connectivity index (χ2n) is 6.45. The van der Waals surface area contributed by atoms with Crippen LogP contribution in [0.2, 0.25) is 0 Å². The number of hydrogen-bond acceptors (Lipinski definition) is 5. The van der Waals surface area contributed by atoms with E-state index in [4.69, 9.17) is 4.52 Å². The molecule has 2 aliphatic heterocycles. The number of carbonyl (C=O) groups is 2. The van der Waals surface area contributed by atoms with Crippen molar-refractivity contribution < 1.29 is 14.1 Å². The number of fused-ring (bicyclic) bond motifs is 1. The minimum atomic E-state index is -0.101. The minimum absolute atomic E-state index is 0.100. The third kappa shape index (κ3) is 2.46. The van der Waals surface area contributed by atoms with Crippen LogP contribution < -0.4 is 0 Å². The van der Waals surface area contributed by atoms with Crippen molar-refractivity contribution in [1.82, 2.24) is 19.9 Å². The molecule has 0 aromatic carbocycles. The summed E-state index contributed by atoms with van der Waals surface area (Å²) in [6, 6.07) is 3.85. The summed E-state index contributed by atoms with van der Waals surface area (Å²) in [7, 11) is 0. The Bertz CT molecular complexity index is 773. The minimum Gasteiger partial charge on any atom is -0.361 e. The van der Waals surface area contributed by atoms with Crippen LogP contribution in [0, 0.1) is 18.8 Å². The Kier molecular flexibility index (Phi) is 3.55. The van der Waals surface area contributed by atoms with Gasteiger partial charge in [-0.1, -0.05) is 5.16 Å². The number of aromatic nitrogens is 2. The van der Waals surface area contributed by atoms with Gasteiger partial charge in [0.25, 0.3) is 5.91 Å². The molecule has 0 unspecified atom stereocenters. The zero-order valence-corrected chi connectivity index (χ0v) is 13.4. The van der Waals surface area contributed by atoms with Gasteiger partial charge in [-0.2, -0.15) is 0 Å². The third-order valence-electron chi connectivity index (χ3n) is 4.92. The Labute approximate surface area is 139 Å². The maximum atomic E-state index is 12.7. The molecule has 0 N–H and O–H groups in total. The molecule has 7 nitrogen and oxygen atoms in total. The van der Waals surface area contributed by atoms with E-state index in [-0.39, 0.29) is 23.7 Å². The van der Waals surface area contributed by atoms with Crippen molar-refractivity contribution in [2.75, 3.05) is 19.6 Å². The molecule has 2 atom stereocenters. The lowest BCUT2D eigenvalue weighted by atomic mass is 10.0. The van der Waals surface area contributed by atoms with Crippen molar-refractivity contribution >= 4 is 11.8 Å². The van der Waals surface area contributed by atoms with E-state index >= 15 is 0 Å². The van der Waals surface area contributed by atoms with Gasteiger partial charge < -0.3 is 14.3 Å². The molecular weight excluding hydrogens is 308 g/mol. The lowest BCUT2D eigenvalue weighted by molar-refractivity contribution is -0.131. The molecule has 0 spiro atoms. The van der Waals surface area contributed by atoms with E-state index in [0.717, 1.165) is 5.56 Å². The molecule has 124 valence electrons. The van der Waals surface area contributed by atoms with Crippen LogP contribution in [0.1, 0.15) is 21.7 Å². The van der Waals surface area contributed by atoms with E-state index in [1.165, 1.54) is 6.20 Å². The fourth-order valence-electron chi connectivity index (χ4n) is 3.63. The first kappa shape index (κ1) is 14.9. The number of rotatable bonds is 3. The van der Waals surface area contributed by atoms with Gasteiger partial charge in [-0.05, 0) is 24.6 Å². The van der Waals surface area contributed by atoms with E-state index in [0.29, 0.717) is 37.5 Å². The van der Waals surface area contributed by atoms with E-state index in [1.54, 1.807) is 24.2 Å². The summed E-state index contributed by atoms with van der Waals surface area (Å²) in [6.45, 7) is 4.09. The number of carbonyl (C=O) groups excluding carboxylic acids is 2. The summed E-state index contributed by atoms with van der Waals surface area (Å²) < 4.78 is 4.97. The largest absolute Gasteiger partial charge is 0.361 e. The number of nitrogens with zero attached hydrogens (tertiary/aromatic N) is 4. The highest BCUT2D eigenvalue weighted by Gasteiger charge is 2.47. The lowest BCUT2D eigenvalue weighted by Gasteiger charge is -2.21. The average molecular weight is 326 g/mol. The predicted molar refractivity (Wildman–Crippen MR) is 83.8 cm³/mol. The molecule has 2 aromatic rings. The Balaban J connectivity index is 1.43. The van der Waals surface area contributed by atoms with Crippen molar-refractivity contribution in [3.63, 3.8) is 0 Å². The van der Waals surface area contributed by atoms with E-state index in [1.807, 2.05) is 17.0 Å². The molecule has 0 bridgehead atoms. The van der Waals surface area contributed by atoms with Gasteiger partial charge >= 0.3 is 0 Å². The maximum Gasteiger partial charge on any atom is 0.259 e. The highest BCUT2D eigenvalue weighted by Crippen LogP contribution is 2.34. The molecule has 2 aliphatic rings. The smallest absolute Gasteiger partial charge is 0.259 e. The SMILES string of the molecule is Cc1oncc1C(=O)N1C[C@H]2CN(Cc3ccncc3)C(=O)[C@H]2C1. The molecule has 24 heavy (non-hydrogen) atoms. The van der Waals surface area contributed by atoms with Crippen LogP contribution in [0.4, 0.5) is 0 Å². The average Bonchev–Trinajstić information content (AvgIpc) is 3.26. The van der Waals surface area contributed by atoms with Gasteiger partial charge in [-0.15, -0.1) is 0 Å². The molecule has 2 saturated heterocycles. The normalized spacial score (nSPS) is 23.0. The van der Waals surface area contributed by atoms with E-state index in [9.17, 15) is 9.59 Å². The summed E-state index contributed by atoms with van der Waals surface area (Å²) in [5, 5.41) is 3.66. The highest BCUT2D eigenvalue weighted by atomic mass is 16.5. The Morgan fingerprint density at radius 3 is 2.75 bits per heavy atom. The summed E-state index contributed by atoms with van der Waals surface area (Å²) >= 11 is 0. The standard InChI is InChI=1S/C17H18N4O3/c1-11-14(6-19-24-11)16(22)21-9-13-8-20(17(23)15(13)10-21)7-12-2-4-18-5-3-12/h2-6,13,15H,7-10H2,1H3/t13-,15+/m1/s1. The van der Waals surface area contributed by atoms with E-state index in [2.05, 4.69) is 10.1 Å². The summed E-state index contributed by atoms with van der Waals surface area (Å²) in [6.07, 6.45) is 4.92. The topological polar surface area (TPSA) is 79.5 Å². The zero-order valence-electron chi connectivity index (χ0n) is 13.4. The van der Waals surface area contributed by atoms with Gasteiger partial charge in [0.2, 0.25) is 5.91 Å². The lowest BCUT2D eigenvalue weighted by Crippen LogP contribution is -2.35. The van der Waals surface area contributed by atoms with Crippen molar-refractivity contribution in [3.05, 3.63) is 47.6 Å². The van der Waals surface area contributed by atoms with Crippen LogP contribution in [0.25, 0.3) is 0 Å². The number of likely N-dealkylation sites (tertiary alicyclic amines) is 2. The van der Waals surface area contributed by atoms with Gasteiger partial charge in [-0.3, -0.25) is 14.6 Å². The molecule has 2 fully saturated rings. The first-order valence-corrected chi connectivity index (χ1v) is 8.01. The number of aryl methyl sites for hydroxylation is 1. The van der Waals surface area contributed by atoms with Crippen molar-refractivity contribution in [3.8, 4) is 0 Å². The molecule has 0 aliphatic carbocycles. The number of pyridine rings is 1. The van der Waals surface area contributed by atoms with Crippen LogP contribution in [0.5, 0.6) is 0 Å². The van der Waals surface area contributed by atoms with Gasteiger partial charge in [0, 0.05) is 44.5 Å². The zero-order chi connectivity index (χ0) is 16.7. The van der Waals surface area contributed by atoms with Gasteiger partial charge in [0.1, 0.15) is 11.3 Å². The van der Waals surface area contributed by atoms with Gasteiger partial charge in [-0.25, -0.2) is 0 Å². The first-order chi connectivity index (χ1) is 11.6. The monoisotopic (exact) mass is 326 g/mol. The van der Waals surface area contributed by atoms with Gasteiger partial charge in [0.05, 0.1) is 12.1 Å². The summed E-state index contributed by atoms with van der Waals surface area (Å²) in [5.41, 5.74) is 1.56. The molecule has 4 rings (SSSR count). The van der Waals surface area contributed by atoms with Crippen LogP contribution in [0.3, 0.4) is 0 Å². The molecule has 0 radical (unpaired) electrons. The van der Waals surface area contributed by atoms with Gasteiger partial charge in [0.15, 0.2) is 0 Å². The Morgan fingerprint density at radius 1 is 1.29 bits per heavy atom. The molecule has 4 heterocycles. The first-order valence-electron chi connectivity index (χ1n) is 8.01. The molecule has 0 saturated carbocycles. The highest BCUT2D eigenvalue weighted by molar-refractivity contribution is 5.95. The van der Waals surface area contributed by atoms with Crippen LogP contribution in [-0.4, -0.2) is 51.4 Å². The maximum absolute atomic E-state index is 12.7. The third-order valence-corrected chi connectivity index (χ3v) is 4.92. The van der Waals surface area contributed by atoms with Crippen LogP contribution >= 0.6 is 0 Å². The Hall–Kier alpha value is -2.70. The fourth-order valence-corrected chi connectivity index (χ4v) is 3.63. The van der Waals surface area contributed by atoms with Crippen molar-refractivity contribution in [1.29, 1.82) is 0 Å². The predicted octanol–water partition coefficient (Wildman–Crippen LogP) is 1.11. The summed E-state index contributed by atoms with van der Waals surface area (Å²) in [5.74, 6) is 0.646. The molecule has 7 heteroatoms. The van der Waals surface area contributed by atoms with Crippen molar-refractivity contribution in [2.24, 2.45) is 11.8 Å². The van der Waals surface area contributed by atoms with Crippen molar-refractivity contribution in [2.45, 2.75) is 13.5 Å². The molecule has 2 aromatic heterocycles. The second-order valence-corrected chi connectivity index (χ2v) is 6.45. The molecule has 2 amide bonds. The van der Waals surface area contributed by atoms with Crippen LogP contribution in [-0.2, 0) is 11.3 Å². The quantitative estimate of drug-likeness (QED) is 0.844. The Morgan fingerprint density at radius 2 is 2.08 bits per heavy atom. The van der Waals surface area contributed by atoms with E-state index < -0.39 is 0 Å². The fraction of sp³-hybridized carbons (Fsp3) is 0.412.